The summed E-state index contributed by atoms with van der Waals surface area (Å²) >= 11 is 13.8. The maximum atomic E-state index is 13.5. The van der Waals surface area contributed by atoms with Gasteiger partial charge in [-0.05, 0) is 66.0 Å². The topological polar surface area (TPSA) is 65.7 Å². The minimum absolute atomic E-state index is 0.0244. The molecule has 0 aliphatic heterocycles. The molecule has 0 saturated heterocycles. The van der Waals surface area contributed by atoms with E-state index in [4.69, 9.17) is 26.1 Å². The lowest BCUT2D eigenvalue weighted by Crippen LogP contribution is -2.23. The lowest BCUT2D eigenvalue weighted by atomic mass is 10.1. The zero-order valence-corrected chi connectivity index (χ0v) is 25.5. The molecule has 1 atom stereocenters. The third-order valence-electron chi connectivity index (χ3n) is 6.12. The molecule has 9 heteroatoms. The molecule has 0 unspecified atom stereocenters. The molecule has 0 saturated carbocycles. The molecule has 0 bridgehead atoms. The van der Waals surface area contributed by atoms with Crippen LogP contribution in [0.4, 0.5) is 0 Å². The van der Waals surface area contributed by atoms with E-state index in [1.807, 2.05) is 51.1 Å². The van der Waals surface area contributed by atoms with Crippen LogP contribution in [-0.4, -0.2) is 22.5 Å². The van der Waals surface area contributed by atoms with Crippen molar-refractivity contribution >= 4 is 60.6 Å². The molecule has 0 aliphatic carbocycles. The summed E-state index contributed by atoms with van der Waals surface area (Å²) in [5, 5.41) is 5.42. The second-order valence-electron chi connectivity index (χ2n) is 8.93. The standard InChI is InChI=1S/C29H28Br2ClN3O3/c1-5-18(4)28-34-23-11-10-21(30)14-22(23)29(36)35(28)33-15-20-13-24(37-6-2)27(26(32)25(20)31)38-16-19-9-7-8-17(3)12-19/h7-15,18H,5-6,16H2,1-4H3/t18-/m0/s1. The van der Waals surface area contributed by atoms with E-state index in [0.29, 0.717) is 56.5 Å². The van der Waals surface area contributed by atoms with E-state index in [-0.39, 0.29) is 11.5 Å². The van der Waals surface area contributed by atoms with Gasteiger partial charge in [0.25, 0.3) is 5.56 Å². The second kappa shape index (κ2) is 12.5. The van der Waals surface area contributed by atoms with Crippen molar-refractivity contribution in [1.82, 2.24) is 9.66 Å². The van der Waals surface area contributed by atoms with Gasteiger partial charge in [0.2, 0.25) is 0 Å². The molecule has 3 aromatic carbocycles. The highest BCUT2D eigenvalue weighted by Crippen LogP contribution is 2.42. The molecular weight excluding hydrogens is 634 g/mol. The number of halogens is 3. The Kier molecular flexibility index (Phi) is 9.28. The Morgan fingerprint density at radius 3 is 2.63 bits per heavy atom. The van der Waals surface area contributed by atoms with Crippen molar-refractivity contribution in [2.24, 2.45) is 5.10 Å². The number of hydrogen-bond acceptors (Lipinski definition) is 5. The van der Waals surface area contributed by atoms with Gasteiger partial charge < -0.3 is 9.47 Å². The van der Waals surface area contributed by atoms with Crippen LogP contribution in [0.5, 0.6) is 11.5 Å². The predicted octanol–water partition coefficient (Wildman–Crippen LogP) is 8.26. The molecule has 6 nitrogen and oxygen atoms in total. The molecule has 1 heterocycles. The molecule has 4 rings (SSSR count). The third kappa shape index (κ3) is 6.14. The van der Waals surface area contributed by atoms with Gasteiger partial charge in [0.05, 0.1) is 23.7 Å². The molecule has 0 amide bonds. The number of aryl methyl sites for hydroxylation is 1. The van der Waals surface area contributed by atoms with E-state index in [2.05, 4.69) is 50.0 Å². The van der Waals surface area contributed by atoms with Crippen LogP contribution >= 0.6 is 43.5 Å². The number of fused-ring (bicyclic) bond motifs is 1. The lowest BCUT2D eigenvalue weighted by Gasteiger charge is -2.17. The maximum absolute atomic E-state index is 13.5. The van der Waals surface area contributed by atoms with Crippen molar-refractivity contribution in [3.8, 4) is 11.5 Å². The molecule has 0 fully saturated rings. The summed E-state index contributed by atoms with van der Waals surface area (Å²) in [5.74, 6) is 1.55. The van der Waals surface area contributed by atoms with Crippen LogP contribution in [-0.2, 0) is 6.61 Å². The summed E-state index contributed by atoms with van der Waals surface area (Å²) in [7, 11) is 0. The van der Waals surface area contributed by atoms with Gasteiger partial charge in [0.15, 0.2) is 11.5 Å². The van der Waals surface area contributed by atoms with Crippen LogP contribution in [0.15, 0.2) is 67.4 Å². The van der Waals surface area contributed by atoms with Crippen LogP contribution in [0.2, 0.25) is 5.02 Å². The molecule has 38 heavy (non-hydrogen) atoms. The molecule has 0 N–H and O–H groups in total. The summed E-state index contributed by atoms with van der Waals surface area (Å²) in [5.41, 5.74) is 3.21. The highest BCUT2D eigenvalue weighted by molar-refractivity contribution is 9.10. The number of aromatic nitrogens is 2. The van der Waals surface area contributed by atoms with Gasteiger partial charge in [-0.15, -0.1) is 0 Å². The summed E-state index contributed by atoms with van der Waals surface area (Å²) in [6.07, 6.45) is 2.39. The first kappa shape index (κ1) is 28.3. The average molecular weight is 662 g/mol. The molecule has 1 aromatic heterocycles. The highest BCUT2D eigenvalue weighted by atomic mass is 79.9. The minimum Gasteiger partial charge on any atom is -0.490 e. The van der Waals surface area contributed by atoms with Crippen LogP contribution in [0.1, 0.15) is 55.6 Å². The molecular formula is C29H28Br2ClN3O3. The first-order chi connectivity index (χ1) is 18.2. The Balaban J connectivity index is 1.77. The summed E-state index contributed by atoms with van der Waals surface area (Å²) < 4.78 is 14.7. The zero-order valence-electron chi connectivity index (χ0n) is 21.6. The average Bonchev–Trinajstić information content (AvgIpc) is 2.90. The van der Waals surface area contributed by atoms with Gasteiger partial charge in [0, 0.05) is 20.4 Å². The fourth-order valence-electron chi connectivity index (χ4n) is 3.95. The number of hydrogen-bond donors (Lipinski definition) is 0. The molecule has 0 spiro atoms. The Hall–Kier alpha value is -2.68. The summed E-state index contributed by atoms with van der Waals surface area (Å²) in [4.78, 5) is 18.2. The van der Waals surface area contributed by atoms with Crippen LogP contribution in [0, 0.1) is 6.92 Å². The molecule has 0 aliphatic rings. The Labute approximate surface area is 243 Å². The molecule has 0 radical (unpaired) electrons. The van der Waals surface area contributed by atoms with Crippen molar-refractivity contribution < 1.29 is 9.47 Å². The van der Waals surface area contributed by atoms with Gasteiger partial charge >= 0.3 is 0 Å². The normalized spacial score (nSPS) is 12.3. The summed E-state index contributed by atoms with van der Waals surface area (Å²) in [6.45, 7) is 8.78. The fraction of sp³-hybridized carbons (Fsp3) is 0.276. The Morgan fingerprint density at radius 2 is 1.92 bits per heavy atom. The van der Waals surface area contributed by atoms with Crippen LogP contribution in [0.3, 0.4) is 0 Å². The number of rotatable bonds is 9. The van der Waals surface area contributed by atoms with Crippen molar-refractivity contribution in [2.45, 2.75) is 46.6 Å². The van der Waals surface area contributed by atoms with Crippen molar-refractivity contribution in [3.05, 3.63) is 95.4 Å². The number of benzene rings is 3. The van der Waals surface area contributed by atoms with E-state index in [1.54, 1.807) is 18.3 Å². The monoisotopic (exact) mass is 659 g/mol. The number of nitrogens with zero attached hydrogens (tertiary/aromatic N) is 3. The van der Waals surface area contributed by atoms with Gasteiger partial charge in [-0.2, -0.15) is 9.78 Å². The SMILES string of the molecule is CCOc1cc(C=Nn2c([C@@H](C)CC)nc3ccc(Br)cc3c2=O)c(Br)c(Cl)c1OCc1cccc(C)c1. The molecule has 4 aromatic rings. The Morgan fingerprint density at radius 1 is 1.13 bits per heavy atom. The van der Waals surface area contributed by atoms with Gasteiger partial charge in [0.1, 0.15) is 17.5 Å². The van der Waals surface area contributed by atoms with E-state index >= 15 is 0 Å². The van der Waals surface area contributed by atoms with Crippen molar-refractivity contribution in [3.63, 3.8) is 0 Å². The van der Waals surface area contributed by atoms with Gasteiger partial charge in [-0.3, -0.25) is 4.79 Å². The maximum Gasteiger partial charge on any atom is 0.282 e. The highest BCUT2D eigenvalue weighted by Gasteiger charge is 2.19. The first-order valence-corrected chi connectivity index (χ1v) is 14.3. The fourth-order valence-corrected chi connectivity index (χ4v) is 4.97. The Bertz CT molecular complexity index is 1570. The van der Waals surface area contributed by atoms with Crippen LogP contribution in [0.25, 0.3) is 10.9 Å². The van der Waals surface area contributed by atoms with E-state index < -0.39 is 0 Å². The predicted molar refractivity (Wildman–Crippen MR) is 161 cm³/mol. The quantitative estimate of drug-likeness (QED) is 0.170. The second-order valence-corrected chi connectivity index (χ2v) is 11.0. The smallest absolute Gasteiger partial charge is 0.282 e. The van der Waals surface area contributed by atoms with Gasteiger partial charge in [-0.1, -0.05) is 71.2 Å². The first-order valence-electron chi connectivity index (χ1n) is 12.3. The minimum atomic E-state index is -0.242. The zero-order chi connectivity index (χ0) is 27.4. The number of ether oxygens (including phenoxy) is 2. The molecule has 198 valence electrons. The van der Waals surface area contributed by atoms with Gasteiger partial charge in [-0.25, -0.2) is 4.98 Å². The largest absolute Gasteiger partial charge is 0.490 e. The van der Waals surface area contributed by atoms with E-state index in [9.17, 15) is 4.79 Å². The van der Waals surface area contributed by atoms with Crippen LogP contribution < -0.4 is 15.0 Å². The van der Waals surface area contributed by atoms with E-state index in [0.717, 1.165) is 22.0 Å². The third-order valence-corrected chi connectivity index (χ3v) is 8.06. The lowest BCUT2D eigenvalue weighted by molar-refractivity contribution is 0.269. The van der Waals surface area contributed by atoms with E-state index in [1.165, 1.54) is 4.68 Å². The van der Waals surface area contributed by atoms with Crippen molar-refractivity contribution in [2.75, 3.05) is 6.61 Å². The summed E-state index contributed by atoms with van der Waals surface area (Å²) in [6, 6.07) is 15.4. The van der Waals surface area contributed by atoms with Crippen molar-refractivity contribution in [1.29, 1.82) is 0 Å².